The molecule has 0 bridgehead atoms. The van der Waals surface area contributed by atoms with Crippen LogP contribution in [0.25, 0.3) is 115 Å². The fraction of sp³-hybridized carbons (Fsp3) is 0. The van der Waals surface area contributed by atoms with Gasteiger partial charge in [-0.05, 0) is 121 Å². The van der Waals surface area contributed by atoms with Gasteiger partial charge in [0.2, 0.25) is 0 Å². The molecule has 3 nitrogen and oxygen atoms in total. The third kappa shape index (κ3) is 5.02. The number of nitrogens with zero attached hydrogens (tertiary/aromatic N) is 2. The monoisotopic (exact) mass is 800 g/mol. The van der Waals surface area contributed by atoms with E-state index in [1.54, 1.807) is 0 Å². The molecule has 0 atom stereocenters. The summed E-state index contributed by atoms with van der Waals surface area (Å²) in [5.41, 5.74) is 13.6. The van der Waals surface area contributed by atoms with Crippen molar-refractivity contribution in [3.05, 3.63) is 218 Å². The van der Waals surface area contributed by atoms with Gasteiger partial charge in [-0.3, -0.25) is 0 Å². The lowest BCUT2D eigenvalue weighted by atomic mass is 9.94. The van der Waals surface area contributed by atoms with Crippen molar-refractivity contribution in [2.75, 3.05) is 4.90 Å². The van der Waals surface area contributed by atoms with E-state index < -0.39 is 0 Å². The second-order valence-electron chi connectivity index (χ2n) is 16.8. The molecule has 0 aliphatic rings. The van der Waals surface area contributed by atoms with Gasteiger partial charge in [-0.2, -0.15) is 0 Å². The minimum atomic E-state index is 0.906. The van der Waals surface area contributed by atoms with Gasteiger partial charge in [-0.15, -0.1) is 0 Å². The molecule has 63 heavy (non-hydrogen) atoms. The number of fused-ring (bicyclic) bond motifs is 15. The van der Waals surface area contributed by atoms with Crippen molar-refractivity contribution < 1.29 is 4.42 Å². The largest absolute Gasteiger partial charge is 0.456 e. The number of hydrogen-bond donors (Lipinski definition) is 0. The molecule has 0 aliphatic carbocycles. The van der Waals surface area contributed by atoms with Crippen LogP contribution >= 0.6 is 0 Å². The Hall–Kier alpha value is -8.40. The van der Waals surface area contributed by atoms with Gasteiger partial charge in [0.15, 0.2) is 0 Å². The standard InChI is InChI=1S/C60H36N2O/c1-2-12-46-44(10-1)45-11-3-4-13-47(45)54-36-43(30-32-48(46)54)61(41-26-20-37(21-27-41)39-25-33-59-55(34-39)51-15-6-8-19-58(51)63-59)42-28-22-38(23-29-42)40-24-31-50-53-17-9-16-52-49-14-5-7-18-56(49)62(60(52)53)57(50)35-40/h1-36H. The highest BCUT2D eigenvalue weighted by molar-refractivity contribution is 6.26. The highest BCUT2D eigenvalue weighted by Gasteiger charge is 2.19. The molecular formula is C60H36N2O. The first-order valence-corrected chi connectivity index (χ1v) is 21.7. The maximum Gasteiger partial charge on any atom is 0.135 e. The number of hydrogen-bond acceptors (Lipinski definition) is 2. The van der Waals surface area contributed by atoms with Crippen molar-refractivity contribution in [2.45, 2.75) is 0 Å². The second kappa shape index (κ2) is 13.1. The summed E-state index contributed by atoms with van der Waals surface area (Å²) in [4.78, 5) is 2.39. The van der Waals surface area contributed by atoms with E-state index in [2.05, 4.69) is 216 Å². The van der Waals surface area contributed by atoms with Gasteiger partial charge in [0.05, 0.1) is 16.6 Å². The van der Waals surface area contributed by atoms with Crippen LogP contribution in [0.4, 0.5) is 17.1 Å². The number of furan rings is 1. The van der Waals surface area contributed by atoms with E-state index in [0.29, 0.717) is 0 Å². The Morgan fingerprint density at radius 1 is 0.270 bits per heavy atom. The molecule has 0 saturated heterocycles. The average molecular weight is 801 g/mol. The molecule has 3 aromatic heterocycles. The van der Waals surface area contributed by atoms with Crippen LogP contribution in [0.2, 0.25) is 0 Å². The van der Waals surface area contributed by atoms with Crippen molar-refractivity contribution in [3.8, 4) is 22.3 Å². The third-order valence-corrected chi connectivity index (χ3v) is 13.5. The summed E-state index contributed by atoms with van der Waals surface area (Å²) in [6.45, 7) is 0. The molecule has 0 fully saturated rings. The Morgan fingerprint density at radius 3 is 1.41 bits per heavy atom. The molecule has 14 rings (SSSR count). The van der Waals surface area contributed by atoms with Crippen molar-refractivity contribution in [1.82, 2.24) is 4.40 Å². The highest BCUT2D eigenvalue weighted by Crippen LogP contribution is 2.44. The third-order valence-electron chi connectivity index (χ3n) is 13.5. The van der Waals surface area contributed by atoms with Gasteiger partial charge >= 0.3 is 0 Å². The molecule has 292 valence electrons. The molecule has 0 saturated carbocycles. The molecule has 3 heterocycles. The topological polar surface area (TPSA) is 20.8 Å². The maximum absolute atomic E-state index is 6.16. The fourth-order valence-corrected chi connectivity index (χ4v) is 10.6. The number of anilines is 3. The van der Waals surface area contributed by atoms with Gasteiger partial charge in [0, 0.05) is 49.4 Å². The molecule has 0 radical (unpaired) electrons. The van der Waals surface area contributed by atoms with E-state index in [1.807, 2.05) is 12.1 Å². The number of rotatable bonds is 5. The van der Waals surface area contributed by atoms with Crippen molar-refractivity contribution >= 4 is 109 Å². The maximum atomic E-state index is 6.16. The molecule has 11 aromatic carbocycles. The molecule has 0 N–H and O–H groups in total. The summed E-state index contributed by atoms with van der Waals surface area (Å²) >= 11 is 0. The molecule has 14 aromatic rings. The second-order valence-corrected chi connectivity index (χ2v) is 16.8. The zero-order chi connectivity index (χ0) is 41.2. The Kier molecular flexibility index (Phi) is 7.11. The van der Waals surface area contributed by atoms with Crippen LogP contribution in [0.3, 0.4) is 0 Å². The van der Waals surface area contributed by atoms with Gasteiger partial charge < -0.3 is 13.7 Å². The Morgan fingerprint density at radius 2 is 0.730 bits per heavy atom. The minimum absolute atomic E-state index is 0.906. The average Bonchev–Trinajstić information content (AvgIpc) is 4.01. The van der Waals surface area contributed by atoms with Crippen LogP contribution in [0, 0.1) is 0 Å². The molecule has 0 spiro atoms. The zero-order valence-corrected chi connectivity index (χ0v) is 34.1. The first kappa shape index (κ1) is 34.3. The smallest absolute Gasteiger partial charge is 0.135 e. The predicted octanol–water partition coefficient (Wildman–Crippen LogP) is 17.0. The summed E-state index contributed by atoms with van der Waals surface area (Å²) < 4.78 is 8.62. The van der Waals surface area contributed by atoms with Crippen LogP contribution in [0.15, 0.2) is 223 Å². The van der Waals surface area contributed by atoms with E-state index in [0.717, 1.165) is 50.1 Å². The van der Waals surface area contributed by atoms with Crippen molar-refractivity contribution in [1.29, 1.82) is 0 Å². The van der Waals surface area contributed by atoms with E-state index in [4.69, 9.17) is 4.42 Å². The molecule has 0 amide bonds. The van der Waals surface area contributed by atoms with Crippen molar-refractivity contribution in [2.24, 2.45) is 0 Å². The van der Waals surface area contributed by atoms with Crippen LogP contribution in [0.5, 0.6) is 0 Å². The van der Waals surface area contributed by atoms with E-state index in [9.17, 15) is 0 Å². The van der Waals surface area contributed by atoms with Crippen molar-refractivity contribution in [3.63, 3.8) is 0 Å². The normalized spacial score (nSPS) is 12.1. The van der Waals surface area contributed by atoms with Crippen LogP contribution in [-0.4, -0.2) is 4.40 Å². The highest BCUT2D eigenvalue weighted by atomic mass is 16.3. The molecule has 3 heteroatoms. The molecule has 0 unspecified atom stereocenters. The SMILES string of the molecule is c1ccc2c(c1)oc1ccc(-c3ccc(N(c4ccc(-c5ccc6c7cccc8c9ccccc9n(c6c5)c87)cc4)c4ccc5c6ccccc6c6ccccc6c5c4)cc3)cc12. The summed E-state index contributed by atoms with van der Waals surface area (Å²) in [5, 5.41) is 15.0. The summed E-state index contributed by atoms with van der Waals surface area (Å²) in [6, 6.07) is 79.9. The lowest BCUT2D eigenvalue weighted by Gasteiger charge is -2.26. The Labute approximate surface area is 362 Å². The summed E-state index contributed by atoms with van der Waals surface area (Å²) in [7, 11) is 0. The Balaban J connectivity index is 0.913. The van der Waals surface area contributed by atoms with E-state index in [-0.39, 0.29) is 0 Å². The van der Waals surface area contributed by atoms with Gasteiger partial charge in [-0.25, -0.2) is 0 Å². The first-order chi connectivity index (χ1) is 31.2. The first-order valence-electron chi connectivity index (χ1n) is 21.7. The van der Waals surface area contributed by atoms with E-state index in [1.165, 1.54) is 81.5 Å². The molecular weight excluding hydrogens is 765 g/mol. The summed E-state index contributed by atoms with van der Waals surface area (Å²) in [5.74, 6) is 0. The number of para-hydroxylation sites is 3. The quantitative estimate of drug-likeness (QED) is 0.162. The van der Waals surface area contributed by atoms with Gasteiger partial charge in [-0.1, -0.05) is 152 Å². The lowest BCUT2D eigenvalue weighted by Crippen LogP contribution is -2.10. The predicted molar refractivity (Wildman–Crippen MR) is 266 cm³/mol. The van der Waals surface area contributed by atoms with Crippen LogP contribution in [0.1, 0.15) is 0 Å². The fourth-order valence-electron chi connectivity index (χ4n) is 10.6. The minimum Gasteiger partial charge on any atom is -0.456 e. The molecule has 0 aliphatic heterocycles. The van der Waals surface area contributed by atoms with Gasteiger partial charge in [0.25, 0.3) is 0 Å². The Bertz CT molecular complexity index is 4100. The lowest BCUT2D eigenvalue weighted by molar-refractivity contribution is 0.669. The summed E-state index contributed by atoms with van der Waals surface area (Å²) in [6.07, 6.45) is 0. The van der Waals surface area contributed by atoms with Gasteiger partial charge in [0.1, 0.15) is 11.2 Å². The number of aromatic nitrogens is 1. The van der Waals surface area contributed by atoms with Crippen LogP contribution < -0.4 is 4.90 Å². The van der Waals surface area contributed by atoms with Crippen LogP contribution in [-0.2, 0) is 0 Å². The zero-order valence-electron chi connectivity index (χ0n) is 34.1. The van der Waals surface area contributed by atoms with E-state index >= 15 is 0 Å². The number of benzene rings is 11.